The van der Waals surface area contributed by atoms with E-state index in [0.29, 0.717) is 0 Å². The second-order valence-electron chi connectivity index (χ2n) is 1.09. The molecule has 0 heterocycles. The van der Waals surface area contributed by atoms with E-state index in [2.05, 4.69) is 0 Å². The van der Waals surface area contributed by atoms with Crippen LogP contribution < -0.4 is 0 Å². The van der Waals surface area contributed by atoms with Gasteiger partial charge in [0.1, 0.15) is 0 Å². The Morgan fingerprint density at radius 1 is 0.900 bits per heavy atom. The van der Waals surface area contributed by atoms with Crippen LogP contribution in [0.1, 0.15) is 13.8 Å². The molecule has 0 unspecified atom stereocenters. The topological polar surface area (TPSA) is 40.5 Å². The zero-order valence-corrected chi connectivity index (χ0v) is 10.2. The van der Waals surface area contributed by atoms with Crippen molar-refractivity contribution >= 4 is 37.2 Å². The molecule has 0 aliphatic heterocycles. The van der Waals surface area contributed by atoms with E-state index in [1.165, 1.54) is 0 Å². The van der Waals surface area contributed by atoms with E-state index in [4.69, 9.17) is 10.2 Å². The van der Waals surface area contributed by atoms with E-state index in [9.17, 15) is 0 Å². The molecule has 0 rings (SSSR count). The van der Waals surface area contributed by atoms with Crippen LogP contribution in [0.15, 0.2) is 0 Å². The van der Waals surface area contributed by atoms with Crippen molar-refractivity contribution in [2.75, 3.05) is 7.11 Å². The van der Waals surface area contributed by atoms with Crippen molar-refractivity contribution in [3.8, 4) is 0 Å². The number of halogens is 3. The largest absolute Gasteiger partial charge is 0.400 e. The molecular weight excluding hydrogens is 234 g/mol. The summed E-state index contributed by atoms with van der Waals surface area (Å²) in [6.07, 6.45) is -0.167. The van der Waals surface area contributed by atoms with Crippen LogP contribution in [0.25, 0.3) is 0 Å². The monoisotopic (exact) mass is 248 g/mol. The summed E-state index contributed by atoms with van der Waals surface area (Å²) < 4.78 is 0. The summed E-state index contributed by atoms with van der Waals surface area (Å²) in [4.78, 5) is 0. The van der Waals surface area contributed by atoms with Crippen molar-refractivity contribution in [3.05, 3.63) is 0 Å². The molecular formula is C4H15Cl3O2Ti. The third-order valence-corrected chi connectivity index (χ3v) is 0. The van der Waals surface area contributed by atoms with Gasteiger partial charge in [0.15, 0.2) is 0 Å². The van der Waals surface area contributed by atoms with Gasteiger partial charge in [-0.25, -0.2) is 0 Å². The molecule has 2 nitrogen and oxygen atoms in total. The normalized spacial score (nSPS) is 4.20. The molecule has 0 spiro atoms. The summed E-state index contributed by atoms with van der Waals surface area (Å²) >= 11 is 0. The van der Waals surface area contributed by atoms with Crippen molar-refractivity contribution < 1.29 is 31.9 Å². The number of rotatable bonds is 0. The molecule has 0 aliphatic carbocycles. The maximum atomic E-state index is 8.06. The Morgan fingerprint density at radius 2 is 0.900 bits per heavy atom. The number of hydrogen-bond acceptors (Lipinski definition) is 2. The third-order valence-electron chi connectivity index (χ3n) is 0. The predicted octanol–water partition coefficient (Wildman–Crippen LogP) is 1.26. The van der Waals surface area contributed by atoms with Gasteiger partial charge < -0.3 is 10.2 Å². The maximum absolute atomic E-state index is 8.06. The van der Waals surface area contributed by atoms with Crippen molar-refractivity contribution in [1.82, 2.24) is 0 Å². The summed E-state index contributed by atoms with van der Waals surface area (Å²) in [6.45, 7) is 3.44. The fourth-order valence-corrected chi connectivity index (χ4v) is 0. The Morgan fingerprint density at radius 3 is 0.900 bits per heavy atom. The van der Waals surface area contributed by atoms with Gasteiger partial charge in [-0.15, -0.1) is 37.2 Å². The first-order chi connectivity index (χ1) is 2.73. The zero-order chi connectivity index (χ0) is 5.58. The quantitative estimate of drug-likeness (QED) is 0.635. The maximum Gasteiger partial charge on any atom is 0.0483 e. The average Bonchev–Trinajstić information content (AvgIpc) is 1.41. The van der Waals surface area contributed by atoms with E-state index >= 15 is 0 Å². The molecule has 0 amide bonds. The summed E-state index contributed by atoms with van der Waals surface area (Å²) in [5.74, 6) is 0. The molecule has 2 N–H and O–H groups in total. The van der Waals surface area contributed by atoms with Crippen molar-refractivity contribution in [2.24, 2.45) is 0 Å². The number of aliphatic hydroxyl groups is 2. The minimum atomic E-state index is -0.167. The van der Waals surface area contributed by atoms with Gasteiger partial charge in [0.05, 0.1) is 0 Å². The van der Waals surface area contributed by atoms with Crippen LogP contribution in [0.4, 0.5) is 0 Å². The SMILES string of the molecule is CC(C)O.CO.Cl.Cl.Cl.[Ti]. The first-order valence-electron chi connectivity index (χ1n) is 1.86. The minimum absolute atomic E-state index is 0. The minimum Gasteiger partial charge on any atom is -0.400 e. The molecule has 0 bridgehead atoms. The first kappa shape index (κ1) is 41.9. The van der Waals surface area contributed by atoms with Gasteiger partial charge in [-0.1, -0.05) is 0 Å². The molecule has 68 valence electrons. The van der Waals surface area contributed by atoms with E-state index in [-0.39, 0.29) is 65.0 Å². The Bertz CT molecular complexity index is 23.2. The molecule has 0 aromatic heterocycles. The van der Waals surface area contributed by atoms with Crippen LogP contribution in [0.2, 0.25) is 0 Å². The summed E-state index contributed by atoms with van der Waals surface area (Å²) in [6, 6.07) is 0. The molecule has 10 heavy (non-hydrogen) atoms. The van der Waals surface area contributed by atoms with Crippen LogP contribution in [-0.2, 0) is 21.7 Å². The van der Waals surface area contributed by atoms with Crippen molar-refractivity contribution in [3.63, 3.8) is 0 Å². The fourth-order valence-electron chi connectivity index (χ4n) is 0. The second-order valence-corrected chi connectivity index (χ2v) is 1.09. The Hall–Kier alpha value is 1.50. The van der Waals surface area contributed by atoms with Gasteiger partial charge in [-0.2, -0.15) is 0 Å². The van der Waals surface area contributed by atoms with Gasteiger partial charge in [0.2, 0.25) is 0 Å². The molecule has 6 heteroatoms. The summed E-state index contributed by atoms with van der Waals surface area (Å²) in [7, 11) is 1.00. The van der Waals surface area contributed by atoms with Gasteiger partial charge in [-0.05, 0) is 13.8 Å². The van der Waals surface area contributed by atoms with Crippen molar-refractivity contribution in [1.29, 1.82) is 0 Å². The average molecular weight is 249 g/mol. The first-order valence-corrected chi connectivity index (χ1v) is 1.86. The molecule has 0 saturated heterocycles. The molecule has 0 radical (unpaired) electrons. The van der Waals surface area contributed by atoms with E-state index in [1.54, 1.807) is 13.8 Å². The van der Waals surface area contributed by atoms with Gasteiger partial charge in [0, 0.05) is 34.9 Å². The summed E-state index contributed by atoms with van der Waals surface area (Å²) in [5, 5.41) is 15.1. The van der Waals surface area contributed by atoms with Gasteiger partial charge in [0.25, 0.3) is 0 Å². The molecule has 0 saturated carbocycles. The third kappa shape index (κ3) is 304. The van der Waals surface area contributed by atoms with E-state index in [0.717, 1.165) is 7.11 Å². The summed E-state index contributed by atoms with van der Waals surface area (Å²) in [5.41, 5.74) is 0. The fraction of sp³-hybridized carbons (Fsp3) is 1.00. The standard InChI is InChI=1S/C3H8O.CH4O.3ClH.Ti/c1-3(2)4;1-2;;;;/h3-4H,1-2H3;2H,1H3;3*1H;. The number of aliphatic hydroxyl groups excluding tert-OH is 2. The van der Waals surface area contributed by atoms with Crippen molar-refractivity contribution in [2.45, 2.75) is 20.0 Å². The van der Waals surface area contributed by atoms with Crippen LogP contribution in [-0.4, -0.2) is 23.4 Å². The van der Waals surface area contributed by atoms with Crippen LogP contribution in [0.5, 0.6) is 0 Å². The Kier molecular flexibility index (Phi) is 196. The Balaban J connectivity index is -0.00000000625. The molecule has 0 aromatic carbocycles. The smallest absolute Gasteiger partial charge is 0.0483 e. The van der Waals surface area contributed by atoms with Gasteiger partial charge >= 0.3 is 0 Å². The molecule has 0 aliphatic rings. The zero-order valence-electron chi connectivity index (χ0n) is 6.20. The number of hydrogen-bond donors (Lipinski definition) is 2. The molecule has 0 aromatic rings. The van der Waals surface area contributed by atoms with Gasteiger partial charge in [-0.3, -0.25) is 0 Å². The van der Waals surface area contributed by atoms with Crippen LogP contribution in [0, 0.1) is 0 Å². The van der Waals surface area contributed by atoms with Crippen LogP contribution in [0.3, 0.4) is 0 Å². The van der Waals surface area contributed by atoms with E-state index < -0.39 is 0 Å². The Labute approximate surface area is 95.9 Å². The van der Waals surface area contributed by atoms with Crippen LogP contribution >= 0.6 is 37.2 Å². The predicted molar refractivity (Wildman–Crippen MR) is 47.2 cm³/mol. The second kappa shape index (κ2) is 46.8. The van der Waals surface area contributed by atoms with E-state index in [1.807, 2.05) is 0 Å². The molecule has 0 fully saturated rings. The molecule has 0 atom stereocenters.